The lowest BCUT2D eigenvalue weighted by Gasteiger charge is -2.07. The lowest BCUT2D eigenvalue weighted by Crippen LogP contribution is -2.11. The molecule has 6 heteroatoms. The standard InChI is InChI=1S/C17H13ClN2O2S/c18-13-3-5-14(6-4-13)20-17(21)12-1-7-16(8-2-12)22-9-15-10-23-11-19-15/h1-8,10-11H,9H2,(H,20,21). The summed E-state index contributed by atoms with van der Waals surface area (Å²) in [7, 11) is 0. The van der Waals surface area contributed by atoms with Crippen molar-refractivity contribution < 1.29 is 9.53 Å². The minimum atomic E-state index is -0.182. The van der Waals surface area contributed by atoms with Gasteiger partial charge in [-0.25, -0.2) is 4.98 Å². The molecule has 116 valence electrons. The summed E-state index contributed by atoms with van der Waals surface area (Å²) in [5.41, 5.74) is 3.91. The monoisotopic (exact) mass is 344 g/mol. The van der Waals surface area contributed by atoms with E-state index in [1.807, 2.05) is 5.38 Å². The number of nitrogens with one attached hydrogen (secondary N) is 1. The first kappa shape index (κ1) is 15.5. The molecule has 0 aliphatic heterocycles. The van der Waals surface area contributed by atoms with Crippen LogP contribution in [0.4, 0.5) is 5.69 Å². The lowest BCUT2D eigenvalue weighted by atomic mass is 10.2. The predicted octanol–water partition coefficient (Wildman–Crippen LogP) is 4.63. The number of nitrogens with zero attached hydrogens (tertiary/aromatic N) is 1. The summed E-state index contributed by atoms with van der Waals surface area (Å²) < 4.78 is 5.61. The minimum absolute atomic E-state index is 0.182. The molecule has 0 unspecified atom stereocenters. The van der Waals surface area contributed by atoms with Gasteiger partial charge >= 0.3 is 0 Å². The Labute approximate surface area is 142 Å². The van der Waals surface area contributed by atoms with Crippen LogP contribution in [-0.4, -0.2) is 10.9 Å². The second-order valence-electron chi connectivity index (χ2n) is 4.75. The van der Waals surface area contributed by atoms with E-state index < -0.39 is 0 Å². The number of thiazole rings is 1. The first-order chi connectivity index (χ1) is 11.2. The van der Waals surface area contributed by atoms with Crippen LogP contribution in [0.1, 0.15) is 16.1 Å². The van der Waals surface area contributed by atoms with Gasteiger partial charge in [-0.05, 0) is 48.5 Å². The minimum Gasteiger partial charge on any atom is -0.487 e. The SMILES string of the molecule is O=C(Nc1ccc(Cl)cc1)c1ccc(OCc2cscn2)cc1. The molecule has 0 fully saturated rings. The second-order valence-corrected chi connectivity index (χ2v) is 5.91. The molecule has 1 amide bonds. The largest absolute Gasteiger partial charge is 0.487 e. The van der Waals surface area contributed by atoms with E-state index in [0.717, 1.165) is 5.69 Å². The molecule has 0 bridgehead atoms. The highest BCUT2D eigenvalue weighted by atomic mass is 35.5. The van der Waals surface area contributed by atoms with E-state index >= 15 is 0 Å². The van der Waals surface area contributed by atoms with Gasteiger partial charge < -0.3 is 10.1 Å². The van der Waals surface area contributed by atoms with Crippen LogP contribution in [0.25, 0.3) is 0 Å². The summed E-state index contributed by atoms with van der Waals surface area (Å²) in [4.78, 5) is 16.3. The van der Waals surface area contributed by atoms with Crippen molar-refractivity contribution in [3.05, 3.63) is 75.7 Å². The number of rotatable bonds is 5. The topological polar surface area (TPSA) is 51.2 Å². The van der Waals surface area contributed by atoms with Gasteiger partial charge in [0.1, 0.15) is 12.4 Å². The van der Waals surface area contributed by atoms with Gasteiger partial charge in [0.05, 0.1) is 11.2 Å². The molecule has 0 aliphatic carbocycles. The molecule has 4 nitrogen and oxygen atoms in total. The first-order valence-electron chi connectivity index (χ1n) is 6.87. The van der Waals surface area contributed by atoms with Crippen LogP contribution in [0.2, 0.25) is 5.02 Å². The van der Waals surface area contributed by atoms with E-state index in [2.05, 4.69) is 10.3 Å². The molecule has 0 radical (unpaired) electrons. The Bertz CT molecular complexity index is 771. The average Bonchev–Trinajstić information content (AvgIpc) is 3.09. The Morgan fingerprint density at radius 3 is 2.52 bits per heavy atom. The molecular weight excluding hydrogens is 332 g/mol. The van der Waals surface area contributed by atoms with Crippen LogP contribution in [0.15, 0.2) is 59.4 Å². The zero-order chi connectivity index (χ0) is 16.1. The number of aromatic nitrogens is 1. The highest BCUT2D eigenvalue weighted by molar-refractivity contribution is 7.07. The molecule has 1 aromatic heterocycles. The van der Waals surface area contributed by atoms with Gasteiger partial charge in [0, 0.05) is 21.7 Å². The number of amides is 1. The van der Waals surface area contributed by atoms with Crippen LogP contribution in [0, 0.1) is 0 Å². The highest BCUT2D eigenvalue weighted by Crippen LogP contribution is 2.17. The number of benzene rings is 2. The Morgan fingerprint density at radius 2 is 1.87 bits per heavy atom. The zero-order valence-corrected chi connectivity index (χ0v) is 13.6. The normalized spacial score (nSPS) is 10.3. The van der Waals surface area contributed by atoms with E-state index in [1.54, 1.807) is 54.0 Å². The molecule has 0 spiro atoms. The van der Waals surface area contributed by atoms with Gasteiger partial charge in [0.15, 0.2) is 0 Å². The van der Waals surface area contributed by atoms with Gasteiger partial charge in [-0.15, -0.1) is 11.3 Å². The third kappa shape index (κ3) is 4.31. The highest BCUT2D eigenvalue weighted by Gasteiger charge is 2.06. The van der Waals surface area contributed by atoms with Crippen molar-refractivity contribution in [1.82, 2.24) is 4.98 Å². The van der Waals surface area contributed by atoms with Crippen molar-refractivity contribution in [3.63, 3.8) is 0 Å². The summed E-state index contributed by atoms with van der Waals surface area (Å²) in [6.07, 6.45) is 0. The van der Waals surface area contributed by atoms with Crippen molar-refractivity contribution in [3.8, 4) is 5.75 Å². The van der Waals surface area contributed by atoms with Crippen molar-refractivity contribution >= 4 is 34.5 Å². The van der Waals surface area contributed by atoms with E-state index in [4.69, 9.17) is 16.3 Å². The summed E-state index contributed by atoms with van der Waals surface area (Å²) in [6.45, 7) is 0.416. The molecule has 0 aliphatic rings. The zero-order valence-electron chi connectivity index (χ0n) is 12.0. The first-order valence-corrected chi connectivity index (χ1v) is 8.19. The molecule has 3 rings (SSSR count). The maximum atomic E-state index is 12.2. The smallest absolute Gasteiger partial charge is 0.255 e. The van der Waals surface area contributed by atoms with E-state index in [0.29, 0.717) is 28.6 Å². The number of hydrogen-bond donors (Lipinski definition) is 1. The fourth-order valence-electron chi connectivity index (χ4n) is 1.91. The van der Waals surface area contributed by atoms with Crippen molar-refractivity contribution in [2.24, 2.45) is 0 Å². The third-order valence-corrected chi connectivity index (χ3v) is 3.98. The van der Waals surface area contributed by atoms with Crippen LogP contribution in [-0.2, 0) is 6.61 Å². The fourth-order valence-corrected chi connectivity index (χ4v) is 2.57. The number of hydrogen-bond acceptors (Lipinski definition) is 4. The van der Waals surface area contributed by atoms with Gasteiger partial charge in [0.25, 0.3) is 5.91 Å². The Balaban J connectivity index is 1.59. The lowest BCUT2D eigenvalue weighted by molar-refractivity contribution is 0.102. The number of ether oxygens (including phenoxy) is 1. The molecule has 0 saturated carbocycles. The maximum Gasteiger partial charge on any atom is 0.255 e. The third-order valence-electron chi connectivity index (χ3n) is 3.09. The Morgan fingerprint density at radius 1 is 1.13 bits per heavy atom. The summed E-state index contributed by atoms with van der Waals surface area (Å²) in [5.74, 6) is 0.513. The van der Waals surface area contributed by atoms with Crippen molar-refractivity contribution in [2.45, 2.75) is 6.61 Å². The molecule has 1 heterocycles. The number of carbonyl (C=O) groups excluding carboxylic acids is 1. The van der Waals surface area contributed by atoms with Crippen LogP contribution >= 0.6 is 22.9 Å². The quantitative estimate of drug-likeness (QED) is 0.734. The molecule has 0 saturated heterocycles. The van der Waals surface area contributed by atoms with Crippen LogP contribution < -0.4 is 10.1 Å². The van der Waals surface area contributed by atoms with E-state index in [9.17, 15) is 4.79 Å². The van der Waals surface area contributed by atoms with Crippen molar-refractivity contribution in [1.29, 1.82) is 0 Å². The number of anilines is 1. The Kier molecular flexibility index (Phi) is 4.90. The Hall–Kier alpha value is -2.37. The van der Waals surface area contributed by atoms with Gasteiger partial charge in [0.2, 0.25) is 0 Å². The average molecular weight is 345 g/mol. The molecule has 23 heavy (non-hydrogen) atoms. The van der Waals surface area contributed by atoms with Crippen LogP contribution in [0.5, 0.6) is 5.75 Å². The fraction of sp³-hybridized carbons (Fsp3) is 0.0588. The van der Waals surface area contributed by atoms with E-state index in [-0.39, 0.29) is 5.91 Å². The maximum absolute atomic E-state index is 12.2. The number of carbonyl (C=O) groups is 1. The van der Waals surface area contributed by atoms with Gasteiger partial charge in [-0.2, -0.15) is 0 Å². The predicted molar refractivity (Wildman–Crippen MR) is 92.3 cm³/mol. The summed E-state index contributed by atoms with van der Waals surface area (Å²) >= 11 is 7.35. The van der Waals surface area contributed by atoms with E-state index in [1.165, 1.54) is 11.3 Å². The van der Waals surface area contributed by atoms with Crippen LogP contribution in [0.3, 0.4) is 0 Å². The second kappa shape index (κ2) is 7.26. The van der Waals surface area contributed by atoms with Gasteiger partial charge in [-0.1, -0.05) is 11.6 Å². The molecular formula is C17H13ClN2O2S. The van der Waals surface area contributed by atoms with Gasteiger partial charge in [-0.3, -0.25) is 4.79 Å². The number of halogens is 1. The summed E-state index contributed by atoms with van der Waals surface area (Å²) in [5, 5.41) is 5.38. The molecule has 2 aromatic carbocycles. The summed E-state index contributed by atoms with van der Waals surface area (Å²) in [6, 6.07) is 14.0. The molecule has 1 N–H and O–H groups in total. The van der Waals surface area contributed by atoms with Crippen molar-refractivity contribution in [2.75, 3.05) is 5.32 Å². The molecule has 0 atom stereocenters. The molecule has 3 aromatic rings.